The highest BCUT2D eigenvalue weighted by atomic mass is 16.5. The van der Waals surface area contributed by atoms with Gasteiger partial charge >= 0.3 is 0 Å². The van der Waals surface area contributed by atoms with Crippen LogP contribution in [0, 0.1) is 0 Å². The Kier molecular flexibility index (Phi) is 4.16. The first-order valence-corrected chi connectivity index (χ1v) is 6.97. The van der Waals surface area contributed by atoms with Crippen LogP contribution in [-0.2, 0) is 7.05 Å². The lowest BCUT2D eigenvalue weighted by molar-refractivity contribution is -0.0257. The quantitative estimate of drug-likeness (QED) is 0.902. The summed E-state index contributed by atoms with van der Waals surface area (Å²) in [4.78, 5) is 2.37. The van der Waals surface area contributed by atoms with Crippen molar-refractivity contribution >= 4 is 0 Å². The molecule has 1 aliphatic rings. The second-order valence-electron chi connectivity index (χ2n) is 5.83. The molecule has 0 aliphatic carbocycles. The third kappa shape index (κ3) is 2.62. The van der Waals surface area contributed by atoms with Crippen molar-refractivity contribution in [3.63, 3.8) is 0 Å². The fraction of sp³-hybridized carbons (Fsp3) is 0.786. The van der Waals surface area contributed by atoms with E-state index in [0.717, 1.165) is 18.8 Å². The van der Waals surface area contributed by atoms with Gasteiger partial charge in [-0.05, 0) is 39.8 Å². The van der Waals surface area contributed by atoms with Crippen molar-refractivity contribution in [2.24, 2.45) is 7.05 Å². The molecule has 1 saturated heterocycles. The van der Waals surface area contributed by atoms with Crippen LogP contribution < -0.4 is 4.74 Å². The van der Waals surface area contributed by atoms with E-state index in [-0.39, 0.29) is 5.54 Å². The van der Waals surface area contributed by atoms with Crippen molar-refractivity contribution in [2.45, 2.75) is 44.8 Å². The number of rotatable bonds is 4. The maximum Gasteiger partial charge on any atom is 0.162 e. The smallest absolute Gasteiger partial charge is 0.162 e. The van der Waals surface area contributed by atoms with Gasteiger partial charge in [0.2, 0.25) is 0 Å². The van der Waals surface area contributed by atoms with E-state index in [2.05, 4.69) is 23.8 Å². The lowest BCUT2D eigenvalue weighted by Crippen LogP contribution is -2.51. The van der Waals surface area contributed by atoms with E-state index in [1.54, 1.807) is 18.0 Å². The molecule has 1 aromatic rings. The highest BCUT2D eigenvalue weighted by Gasteiger charge is 2.38. The van der Waals surface area contributed by atoms with Crippen LogP contribution in [0.5, 0.6) is 5.75 Å². The Hall–Kier alpha value is -1.07. The summed E-state index contributed by atoms with van der Waals surface area (Å²) in [6.07, 6.45) is 4.74. The third-order valence-electron chi connectivity index (χ3n) is 4.27. The fourth-order valence-electron chi connectivity index (χ4n) is 2.87. The molecular formula is C14H25N3O2. The topological polar surface area (TPSA) is 50.5 Å². The maximum atomic E-state index is 10.8. The van der Waals surface area contributed by atoms with Crippen molar-refractivity contribution in [3.05, 3.63) is 11.9 Å². The number of likely N-dealkylation sites (tertiary alicyclic amines) is 1. The van der Waals surface area contributed by atoms with E-state index in [1.165, 1.54) is 19.3 Å². The van der Waals surface area contributed by atoms with Crippen LogP contribution >= 0.6 is 0 Å². The van der Waals surface area contributed by atoms with E-state index < -0.39 is 6.10 Å². The van der Waals surface area contributed by atoms with Gasteiger partial charge in [-0.2, -0.15) is 5.10 Å². The molecular weight excluding hydrogens is 242 g/mol. The van der Waals surface area contributed by atoms with Gasteiger partial charge in [0.1, 0.15) is 11.8 Å². The van der Waals surface area contributed by atoms with Gasteiger partial charge in [-0.3, -0.25) is 9.58 Å². The van der Waals surface area contributed by atoms with Crippen molar-refractivity contribution in [2.75, 3.05) is 20.2 Å². The first kappa shape index (κ1) is 14.3. The van der Waals surface area contributed by atoms with Crippen molar-refractivity contribution in [1.29, 1.82) is 0 Å². The molecule has 1 aromatic heterocycles. The monoisotopic (exact) mass is 267 g/mol. The van der Waals surface area contributed by atoms with Gasteiger partial charge in [0.25, 0.3) is 0 Å². The van der Waals surface area contributed by atoms with Crippen molar-refractivity contribution < 1.29 is 9.84 Å². The Morgan fingerprint density at radius 1 is 1.32 bits per heavy atom. The van der Waals surface area contributed by atoms with E-state index >= 15 is 0 Å². The minimum absolute atomic E-state index is 0.318. The number of aromatic nitrogens is 2. The maximum absolute atomic E-state index is 10.8. The van der Waals surface area contributed by atoms with Crippen LogP contribution in [0.4, 0.5) is 0 Å². The third-order valence-corrected chi connectivity index (χ3v) is 4.27. The van der Waals surface area contributed by atoms with Crippen molar-refractivity contribution in [3.8, 4) is 5.75 Å². The predicted molar refractivity (Wildman–Crippen MR) is 74.2 cm³/mol. The lowest BCUT2D eigenvalue weighted by atomic mass is 9.90. The molecule has 0 spiro atoms. The summed E-state index contributed by atoms with van der Waals surface area (Å²) in [5.41, 5.74) is 0.430. The Balaban J connectivity index is 2.25. The van der Waals surface area contributed by atoms with E-state index in [0.29, 0.717) is 5.75 Å². The Morgan fingerprint density at radius 3 is 2.53 bits per heavy atom. The summed E-state index contributed by atoms with van der Waals surface area (Å²) < 4.78 is 7.01. The zero-order valence-corrected chi connectivity index (χ0v) is 12.4. The van der Waals surface area contributed by atoms with E-state index in [1.807, 2.05) is 7.05 Å². The second kappa shape index (κ2) is 5.51. The SMILES string of the molecule is COc1cnn(C)c1C(O)C(C)(C)N1CCCCC1. The molecule has 0 amide bonds. The summed E-state index contributed by atoms with van der Waals surface area (Å²) in [5, 5.41) is 15.0. The number of aliphatic hydroxyl groups is 1. The van der Waals surface area contributed by atoms with Crippen LogP contribution in [0.1, 0.15) is 44.9 Å². The average molecular weight is 267 g/mol. The number of hydrogen-bond acceptors (Lipinski definition) is 4. The molecule has 5 nitrogen and oxygen atoms in total. The van der Waals surface area contributed by atoms with Crippen molar-refractivity contribution in [1.82, 2.24) is 14.7 Å². The number of piperidine rings is 1. The van der Waals surface area contributed by atoms with Gasteiger partial charge < -0.3 is 9.84 Å². The number of aryl methyl sites for hydroxylation is 1. The molecule has 1 N–H and O–H groups in total. The van der Waals surface area contributed by atoms with Gasteiger partial charge in [-0.1, -0.05) is 6.42 Å². The molecule has 1 unspecified atom stereocenters. The Bertz CT molecular complexity index is 422. The molecule has 0 radical (unpaired) electrons. The fourth-order valence-corrected chi connectivity index (χ4v) is 2.87. The Morgan fingerprint density at radius 2 is 1.95 bits per heavy atom. The van der Waals surface area contributed by atoms with Crippen LogP contribution in [-0.4, -0.2) is 45.5 Å². The summed E-state index contributed by atoms with van der Waals surface area (Å²) >= 11 is 0. The molecule has 0 saturated carbocycles. The van der Waals surface area contributed by atoms with Gasteiger partial charge in [0.05, 0.1) is 13.3 Å². The van der Waals surface area contributed by atoms with Crippen LogP contribution in [0.15, 0.2) is 6.20 Å². The highest BCUT2D eigenvalue weighted by Crippen LogP contribution is 2.36. The zero-order chi connectivity index (χ0) is 14.0. The van der Waals surface area contributed by atoms with Gasteiger partial charge in [0.15, 0.2) is 5.75 Å². The molecule has 0 aromatic carbocycles. The van der Waals surface area contributed by atoms with Gasteiger partial charge in [-0.25, -0.2) is 0 Å². The number of methoxy groups -OCH3 is 1. The average Bonchev–Trinajstić information content (AvgIpc) is 2.79. The molecule has 2 rings (SSSR count). The van der Waals surface area contributed by atoms with Crippen LogP contribution in [0.3, 0.4) is 0 Å². The number of hydrogen-bond donors (Lipinski definition) is 1. The molecule has 108 valence electrons. The van der Waals surface area contributed by atoms with Gasteiger partial charge in [-0.15, -0.1) is 0 Å². The predicted octanol–water partition coefficient (Wildman–Crippen LogP) is 1.73. The normalized spacial score (nSPS) is 19.4. The molecule has 0 bridgehead atoms. The highest BCUT2D eigenvalue weighted by molar-refractivity contribution is 5.29. The Labute approximate surface area is 115 Å². The molecule has 1 atom stereocenters. The number of nitrogens with zero attached hydrogens (tertiary/aromatic N) is 3. The largest absolute Gasteiger partial charge is 0.493 e. The molecule has 19 heavy (non-hydrogen) atoms. The summed E-state index contributed by atoms with van der Waals surface area (Å²) in [7, 11) is 3.45. The number of ether oxygens (including phenoxy) is 1. The standard InChI is InChI=1S/C14H25N3O2/c1-14(2,17-8-6-5-7-9-17)13(18)12-11(19-4)10-15-16(12)3/h10,13,18H,5-9H2,1-4H3. The molecule has 5 heteroatoms. The van der Waals surface area contributed by atoms with E-state index in [9.17, 15) is 5.11 Å². The first-order valence-electron chi connectivity index (χ1n) is 6.97. The summed E-state index contributed by atoms with van der Waals surface area (Å²) in [6.45, 7) is 6.28. The number of aliphatic hydroxyl groups excluding tert-OH is 1. The lowest BCUT2D eigenvalue weighted by Gasteiger charge is -2.43. The summed E-state index contributed by atoms with van der Waals surface area (Å²) in [6, 6.07) is 0. The summed E-state index contributed by atoms with van der Waals surface area (Å²) in [5.74, 6) is 0.653. The first-order chi connectivity index (χ1) is 8.98. The van der Waals surface area contributed by atoms with Crippen LogP contribution in [0.2, 0.25) is 0 Å². The van der Waals surface area contributed by atoms with Gasteiger partial charge in [0, 0.05) is 12.6 Å². The van der Waals surface area contributed by atoms with Crippen LogP contribution in [0.25, 0.3) is 0 Å². The molecule has 1 aliphatic heterocycles. The molecule has 1 fully saturated rings. The minimum atomic E-state index is -0.618. The zero-order valence-electron chi connectivity index (χ0n) is 12.4. The van der Waals surface area contributed by atoms with E-state index in [4.69, 9.17) is 4.74 Å². The second-order valence-corrected chi connectivity index (χ2v) is 5.83. The molecule has 2 heterocycles. The minimum Gasteiger partial charge on any atom is -0.493 e.